The van der Waals surface area contributed by atoms with E-state index in [9.17, 15) is 4.39 Å². The Morgan fingerprint density at radius 2 is 2.00 bits per heavy atom. The van der Waals surface area contributed by atoms with Crippen molar-refractivity contribution >= 4 is 5.69 Å². The summed E-state index contributed by atoms with van der Waals surface area (Å²) in [4.78, 5) is 2.39. The van der Waals surface area contributed by atoms with Gasteiger partial charge in [0.1, 0.15) is 5.82 Å². The molecule has 0 amide bonds. The molecule has 2 nitrogen and oxygen atoms in total. The number of hydrogen-bond acceptors (Lipinski definition) is 2. The predicted molar refractivity (Wildman–Crippen MR) is 74.5 cm³/mol. The Labute approximate surface area is 109 Å². The third-order valence-corrected chi connectivity index (χ3v) is 3.48. The zero-order chi connectivity index (χ0) is 12.8. The van der Waals surface area contributed by atoms with Crippen molar-refractivity contribution in [3.8, 4) is 0 Å². The number of rotatable bonds is 5. The minimum absolute atomic E-state index is 0.135. The molecule has 18 heavy (non-hydrogen) atoms. The second-order valence-electron chi connectivity index (χ2n) is 5.00. The summed E-state index contributed by atoms with van der Waals surface area (Å²) < 4.78 is 13.4. The number of anilines is 1. The second-order valence-corrected chi connectivity index (χ2v) is 5.00. The maximum Gasteiger partial charge on any atom is 0.123 e. The van der Waals surface area contributed by atoms with Gasteiger partial charge in [-0.25, -0.2) is 4.39 Å². The topological polar surface area (TPSA) is 15.3 Å². The fourth-order valence-corrected chi connectivity index (χ4v) is 2.54. The average molecular weight is 250 g/mol. The zero-order valence-electron chi connectivity index (χ0n) is 11.2. The van der Waals surface area contributed by atoms with Crippen molar-refractivity contribution in [3.63, 3.8) is 0 Å². The summed E-state index contributed by atoms with van der Waals surface area (Å²) in [5, 5.41) is 3.36. The molecule has 2 rings (SSSR count). The van der Waals surface area contributed by atoms with Crippen LogP contribution in [-0.2, 0) is 6.54 Å². The molecule has 1 heterocycles. The van der Waals surface area contributed by atoms with E-state index < -0.39 is 0 Å². The Balaban J connectivity index is 2.11. The van der Waals surface area contributed by atoms with Gasteiger partial charge in [-0.2, -0.15) is 0 Å². The molecule has 1 aromatic carbocycles. The lowest BCUT2D eigenvalue weighted by molar-refractivity contribution is 0.571. The highest BCUT2D eigenvalue weighted by Gasteiger charge is 2.14. The van der Waals surface area contributed by atoms with E-state index in [4.69, 9.17) is 0 Å². The van der Waals surface area contributed by atoms with Gasteiger partial charge in [-0.05, 0) is 56.0 Å². The highest BCUT2D eigenvalue weighted by atomic mass is 19.1. The minimum atomic E-state index is -0.135. The first-order valence-electron chi connectivity index (χ1n) is 7.05. The Hall–Kier alpha value is -1.09. The number of nitrogens with one attached hydrogen (secondary N) is 1. The van der Waals surface area contributed by atoms with Crippen molar-refractivity contribution in [2.45, 2.75) is 39.2 Å². The molecule has 1 fully saturated rings. The van der Waals surface area contributed by atoms with Gasteiger partial charge >= 0.3 is 0 Å². The molecule has 0 aromatic heterocycles. The molecular formula is C15H23FN2. The van der Waals surface area contributed by atoms with Gasteiger partial charge in [0.05, 0.1) is 0 Å². The fraction of sp³-hybridized carbons (Fsp3) is 0.600. The van der Waals surface area contributed by atoms with Gasteiger partial charge in [-0.3, -0.25) is 0 Å². The smallest absolute Gasteiger partial charge is 0.123 e. The second kappa shape index (κ2) is 6.74. The molecule has 0 atom stereocenters. The van der Waals surface area contributed by atoms with E-state index in [1.807, 2.05) is 6.07 Å². The van der Waals surface area contributed by atoms with Gasteiger partial charge in [-0.15, -0.1) is 0 Å². The normalized spacial score (nSPS) is 16.0. The molecular weight excluding hydrogens is 227 g/mol. The average Bonchev–Trinajstić information content (AvgIpc) is 2.40. The SMILES string of the molecule is CCCNCc1cc(F)ccc1N1CCCCC1. The molecule has 1 aliphatic heterocycles. The van der Waals surface area contributed by atoms with Crippen LogP contribution in [0.5, 0.6) is 0 Å². The number of benzene rings is 1. The lowest BCUT2D eigenvalue weighted by atomic mass is 10.1. The van der Waals surface area contributed by atoms with E-state index in [0.29, 0.717) is 0 Å². The van der Waals surface area contributed by atoms with Gasteiger partial charge in [0, 0.05) is 25.3 Å². The first-order chi connectivity index (χ1) is 8.81. The van der Waals surface area contributed by atoms with Gasteiger partial charge < -0.3 is 10.2 Å². The third kappa shape index (κ3) is 3.45. The Bertz CT molecular complexity index is 373. The van der Waals surface area contributed by atoms with Crippen molar-refractivity contribution in [2.24, 2.45) is 0 Å². The van der Waals surface area contributed by atoms with Crippen LogP contribution in [0.1, 0.15) is 38.2 Å². The standard InChI is InChI=1S/C15H23FN2/c1-2-8-17-12-13-11-14(16)6-7-15(13)18-9-4-3-5-10-18/h6-7,11,17H,2-5,8-10,12H2,1H3. The molecule has 0 spiro atoms. The molecule has 1 aromatic rings. The van der Waals surface area contributed by atoms with Crippen molar-refractivity contribution < 1.29 is 4.39 Å². The monoisotopic (exact) mass is 250 g/mol. The minimum Gasteiger partial charge on any atom is -0.371 e. The lowest BCUT2D eigenvalue weighted by Gasteiger charge is -2.30. The molecule has 0 bridgehead atoms. The molecule has 0 aliphatic carbocycles. The maximum absolute atomic E-state index is 13.4. The molecule has 3 heteroatoms. The van der Waals surface area contributed by atoms with Crippen LogP contribution >= 0.6 is 0 Å². The summed E-state index contributed by atoms with van der Waals surface area (Å²) in [5.74, 6) is -0.135. The van der Waals surface area contributed by atoms with E-state index in [0.717, 1.165) is 38.2 Å². The van der Waals surface area contributed by atoms with Crippen LogP contribution in [0, 0.1) is 5.82 Å². The molecule has 0 radical (unpaired) electrons. The highest BCUT2D eigenvalue weighted by molar-refractivity contribution is 5.54. The highest BCUT2D eigenvalue weighted by Crippen LogP contribution is 2.25. The lowest BCUT2D eigenvalue weighted by Crippen LogP contribution is -2.31. The largest absolute Gasteiger partial charge is 0.371 e. The fourth-order valence-electron chi connectivity index (χ4n) is 2.54. The van der Waals surface area contributed by atoms with E-state index in [1.165, 1.54) is 24.9 Å². The number of halogens is 1. The van der Waals surface area contributed by atoms with Crippen LogP contribution in [0.2, 0.25) is 0 Å². The molecule has 0 unspecified atom stereocenters. The Morgan fingerprint density at radius 3 is 2.72 bits per heavy atom. The summed E-state index contributed by atoms with van der Waals surface area (Å²) in [6.45, 7) is 6.09. The Kier molecular flexibility index (Phi) is 5.00. The number of nitrogens with zero attached hydrogens (tertiary/aromatic N) is 1. The van der Waals surface area contributed by atoms with Crippen molar-refractivity contribution in [3.05, 3.63) is 29.6 Å². The first-order valence-corrected chi connectivity index (χ1v) is 7.05. The summed E-state index contributed by atoms with van der Waals surface area (Å²) in [5.41, 5.74) is 2.30. The van der Waals surface area contributed by atoms with Crippen LogP contribution in [0.25, 0.3) is 0 Å². The van der Waals surface area contributed by atoms with Crippen molar-refractivity contribution in [1.82, 2.24) is 5.32 Å². The van der Waals surface area contributed by atoms with Gasteiger partial charge in [0.15, 0.2) is 0 Å². The summed E-state index contributed by atoms with van der Waals surface area (Å²) in [6, 6.07) is 5.18. The van der Waals surface area contributed by atoms with E-state index >= 15 is 0 Å². The van der Waals surface area contributed by atoms with Crippen LogP contribution in [0.3, 0.4) is 0 Å². The van der Waals surface area contributed by atoms with Gasteiger partial charge in [0.25, 0.3) is 0 Å². The molecule has 1 aliphatic rings. The molecule has 1 N–H and O–H groups in total. The number of piperidine rings is 1. The summed E-state index contributed by atoms with van der Waals surface area (Å²) >= 11 is 0. The van der Waals surface area contributed by atoms with Crippen LogP contribution in [0.4, 0.5) is 10.1 Å². The molecule has 1 saturated heterocycles. The zero-order valence-corrected chi connectivity index (χ0v) is 11.2. The van der Waals surface area contributed by atoms with Crippen molar-refractivity contribution in [2.75, 3.05) is 24.5 Å². The summed E-state index contributed by atoms with van der Waals surface area (Å²) in [7, 11) is 0. The predicted octanol–water partition coefficient (Wildman–Crippen LogP) is 3.32. The van der Waals surface area contributed by atoms with Gasteiger partial charge in [0.2, 0.25) is 0 Å². The van der Waals surface area contributed by atoms with E-state index in [2.05, 4.69) is 17.1 Å². The quantitative estimate of drug-likeness (QED) is 0.806. The maximum atomic E-state index is 13.4. The summed E-state index contributed by atoms with van der Waals surface area (Å²) in [6.07, 6.45) is 4.92. The third-order valence-electron chi connectivity index (χ3n) is 3.48. The molecule has 100 valence electrons. The van der Waals surface area contributed by atoms with Crippen LogP contribution in [0.15, 0.2) is 18.2 Å². The molecule has 0 saturated carbocycles. The van der Waals surface area contributed by atoms with Crippen molar-refractivity contribution in [1.29, 1.82) is 0 Å². The van der Waals surface area contributed by atoms with Crippen LogP contribution in [-0.4, -0.2) is 19.6 Å². The van der Waals surface area contributed by atoms with Gasteiger partial charge in [-0.1, -0.05) is 6.92 Å². The Morgan fingerprint density at radius 1 is 1.22 bits per heavy atom. The number of hydrogen-bond donors (Lipinski definition) is 1. The van der Waals surface area contributed by atoms with E-state index in [-0.39, 0.29) is 5.82 Å². The van der Waals surface area contributed by atoms with Crippen LogP contribution < -0.4 is 10.2 Å². The first kappa shape index (κ1) is 13.3. The van der Waals surface area contributed by atoms with E-state index in [1.54, 1.807) is 12.1 Å².